The van der Waals surface area contributed by atoms with Gasteiger partial charge in [-0.2, -0.15) is 26.3 Å². The third-order valence-electron chi connectivity index (χ3n) is 5.98. The van der Waals surface area contributed by atoms with Crippen molar-refractivity contribution in [3.63, 3.8) is 0 Å². The van der Waals surface area contributed by atoms with Gasteiger partial charge >= 0.3 is 18.4 Å². The van der Waals surface area contributed by atoms with Crippen LogP contribution in [-0.2, 0) is 12.4 Å². The molecule has 3 rings (SSSR count). The summed E-state index contributed by atoms with van der Waals surface area (Å²) in [6.07, 6.45) is -8.84. The molecule has 0 saturated heterocycles. The van der Waals surface area contributed by atoms with E-state index in [1.54, 1.807) is 0 Å². The van der Waals surface area contributed by atoms with Crippen molar-refractivity contribution < 1.29 is 45.4 Å². The zero-order chi connectivity index (χ0) is 28.3. The Morgan fingerprint density at radius 2 is 1.66 bits per heavy atom. The number of rotatable bonds is 5. The molecule has 0 atom stereocenters. The summed E-state index contributed by atoms with van der Waals surface area (Å²) in [6.45, 7) is 0. The molecule has 13 heteroatoms. The number of ether oxygens (including phenoxy) is 1. The van der Waals surface area contributed by atoms with Crippen LogP contribution in [0.2, 0.25) is 0 Å². The predicted molar refractivity (Wildman–Crippen MR) is 126 cm³/mol. The van der Waals surface area contributed by atoms with Crippen LogP contribution in [0.25, 0.3) is 5.57 Å². The monoisotopic (exact) mass is 547 g/mol. The molecule has 0 heterocycles. The van der Waals surface area contributed by atoms with Crippen molar-refractivity contribution in [1.29, 1.82) is 0 Å². The minimum atomic E-state index is -5.35. The number of aliphatic imine (C=N–C) groups is 1. The molecule has 0 bridgehead atoms. The number of aliphatic hydroxyl groups excluding tert-OH is 1. The molecule has 2 aromatic carbocycles. The summed E-state index contributed by atoms with van der Waals surface area (Å²) in [6, 6.07) is 4.22. The molecule has 0 radical (unpaired) electrons. The number of hydrogen-bond donors (Lipinski definition) is 2. The third kappa shape index (κ3) is 7.03. The molecule has 1 aliphatic rings. The molecule has 38 heavy (non-hydrogen) atoms. The second-order valence-corrected chi connectivity index (χ2v) is 8.66. The van der Waals surface area contributed by atoms with E-state index in [1.165, 1.54) is 0 Å². The molecule has 0 aromatic heterocycles. The van der Waals surface area contributed by atoms with Gasteiger partial charge in [-0.25, -0.2) is 9.18 Å². The second-order valence-electron chi connectivity index (χ2n) is 8.66. The number of nitrogens with two attached hydrogens (primary N) is 1. The molecule has 6 nitrogen and oxygen atoms in total. The highest BCUT2D eigenvalue weighted by molar-refractivity contribution is 6.11. The van der Waals surface area contributed by atoms with Crippen molar-refractivity contribution in [2.75, 3.05) is 11.9 Å². The number of alkyl halides is 6. The number of aliphatic hydroxyl groups is 1. The van der Waals surface area contributed by atoms with E-state index < -0.39 is 52.8 Å². The Hall–Kier alpha value is -3.61. The Morgan fingerprint density at radius 1 is 1.05 bits per heavy atom. The van der Waals surface area contributed by atoms with Gasteiger partial charge in [-0.3, -0.25) is 9.89 Å². The number of carbonyl (C=O) groups excluding carboxylic acids is 1. The van der Waals surface area contributed by atoms with Crippen LogP contribution in [0.15, 0.2) is 47.6 Å². The van der Waals surface area contributed by atoms with Crippen molar-refractivity contribution in [2.45, 2.75) is 50.2 Å². The van der Waals surface area contributed by atoms with Gasteiger partial charge in [-0.1, -0.05) is 0 Å². The molecule has 0 unspecified atom stereocenters. The maximum Gasteiger partial charge on any atom is 0.420 e. The van der Waals surface area contributed by atoms with E-state index in [2.05, 4.69) is 4.99 Å². The first-order valence-electron chi connectivity index (χ1n) is 11.4. The Kier molecular flexibility index (Phi) is 8.70. The first-order chi connectivity index (χ1) is 17.7. The third-order valence-corrected chi connectivity index (χ3v) is 5.98. The minimum absolute atomic E-state index is 0.0501. The average Bonchev–Trinajstić information content (AvgIpc) is 2.84. The number of hydrogen-bond acceptors (Lipinski definition) is 5. The van der Waals surface area contributed by atoms with Crippen LogP contribution in [0.1, 0.15) is 42.4 Å². The summed E-state index contributed by atoms with van der Waals surface area (Å²) in [5, 5.41) is 9.64. The molecule has 3 N–H and O–H groups in total. The van der Waals surface area contributed by atoms with Crippen LogP contribution < -0.4 is 15.4 Å². The van der Waals surface area contributed by atoms with Gasteiger partial charge in [0.05, 0.1) is 23.3 Å². The molecule has 206 valence electrons. The molecular formula is C25H24F7N3O3. The van der Waals surface area contributed by atoms with Gasteiger partial charge in [0.1, 0.15) is 5.82 Å². The summed E-state index contributed by atoms with van der Waals surface area (Å²) in [7, 11) is 1.13. The van der Waals surface area contributed by atoms with E-state index in [0.717, 1.165) is 48.6 Å². The van der Waals surface area contributed by atoms with Gasteiger partial charge in [0.15, 0.2) is 5.75 Å². The molecule has 1 fully saturated rings. The Morgan fingerprint density at radius 3 is 2.18 bits per heavy atom. The van der Waals surface area contributed by atoms with Gasteiger partial charge in [0.2, 0.25) is 0 Å². The average molecular weight is 547 g/mol. The number of carbonyl (C=O) groups is 1. The summed E-state index contributed by atoms with van der Waals surface area (Å²) < 4.78 is 101. The first kappa shape index (κ1) is 29.0. The van der Waals surface area contributed by atoms with Crippen LogP contribution in [0.4, 0.5) is 41.2 Å². The van der Waals surface area contributed by atoms with E-state index in [9.17, 15) is 40.6 Å². The Balaban J connectivity index is 2.10. The summed E-state index contributed by atoms with van der Waals surface area (Å²) >= 11 is 0. The van der Waals surface area contributed by atoms with E-state index >= 15 is 0 Å². The lowest BCUT2D eigenvalue weighted by molar-refractivity contribution is -0.143. The molecule has 1 saturated carbocycles. The summed E-state index contributed by atoms with van der Waals surface area (Å²) in [4.78, 5) is 17.8. The topological polar surface area (TPSA) is 88.2 Å². The second kappa shape index (κ2) is 11.4. The van der Waals surface area contributed by atoms with Crippen molar-refractivity contribution >= 4 is 23.6 Å². The van der Waals surface area contributed by atoms with Crippen LogP contribution >= 0.6 is 0 Å². The fraction of sp³-hybridized carbons (Fsp3) is 0.360. The highest BCUT2D eigenvalue weighted by Gasteiger charge is 2.41. The van der Waals surface area contributed by atoms with E-state index in [4.69, 9.17) is 10.5 Å². The van der Waals surface area contributed by atoms with Crippen molar-refractivity contribution in [3.8, 4) is 5.75 Å². The van der Waals surface area contributed by atoms with Crippen LogP contribution in [0.3, 0.4) is 0 Å². The molecule has 0 spiro atoms. The normalized spacial score (nSPS) is 19.0. The van der Waals surface area contributed by atoms with Gasteiger partial charge in [-0.05, 0) is 62.1 Å². The maximum absolute atomic E-state index is 14.0. The van der Waals surface area contributed by atoms with E-state index in [1.807, 2.05) is 0 Å². The van der Waals surface area contributed by atoms with Crippen LogP contribution in [0, 0.1) is 5.82 Å². The fourth-order valence-electron chi connectivity index (χ4n) is 3.85. The van der Waals surface area contributed by atoms with Gasteiger partial charge in [0, 0.05) is 36.3 Å². The summed E-state index contributed by atoms with van der Waals surface area (Å²) in [5.41, 5.74) is 1.04. The largest absolute Gasteiger partial charge is 0.420 e. The van der Waals surface area contributed by atoms with Crippen molar-refractivity contribution in [2.24, 2.45) is 10.7 Å². The van der Waals surface area contributed by atoms with Crippen molar-refractivity contribution in [1.82, 2.24) is 0 Å². The number of benzene rings is 2. The predicted octanol–water partition coefficient (Wildman–Crippen LogP) is 6.17. The lowest BCUT2D eigenvalue weighted by atomic mass is 9.93. The van der Waals surface area contributed by atoms with E-state index in [0.29, 0.717) is 31.7 Å². The van der Waals surface area contributed by atoms with Crippen molar-refractivity contribution in [3.05, 3.63) is 65.1 Å². The zero-order valence-electron chi connectivity index (χ0n) is 20.0. The maximum atomic E-state index is 14.0. The van der Waals surface area contributed by atoms with Gasteiger partial charge < -0.3 is 15.6 Å². The smallest absolute Gasteiger partial charge is 0.409 e. The number of allylic oxidation sites excluding steroid dienone is 1. The highest BCUT2D eigenvalue weighted by atomic mass is 19.4. The Bertz CT molecular complexity index is 1200. The van der Waals surface area contributed by atoms with Crippen LogP contribution in [-0.4, -0.2) is 36.6 Å². The zero-order valence-corrected chi connectivity index (χ0v) is 20.0. The summed E-state index contributed by atoms with van der Waals surface area (Å²) in [5.74, 6) is -1.84. The minimum Gasteiger partial charge on any atom is -0.409 e. The number of nitrogens with zero attached hydrogens (tertiary/aromatic N) is 2. The van der Waals surface area contributed by atoms with Gasteiger partial charge in [-0.15, -0.1) is 0 Å². The number of anilines is 1. The molecule has 2 aromatic rings. The standard InChI is InChI=1S/C25H24F7N3O3/c1-35(18-6-2-16(26)3-7-18)23(37)38-22-20(10-15(24(27,28)29)11-21(22)25(30,31)32)14(12-33)13-34-17-4-8-19(36)9-5-17/h2-3,6-7,10-13,17,19,36H,4-5,8-9,33H2,1H3. The molecular weight excluding hydrogens is 523 g/mol. The van der Waals surface area contributed by atoms with Crippen LogP contribution in [0.5, 0.6) is 5.75 Å². The number of amides is 1. The first-order valence-corrected chi connectivity index (χ1v) is 11.4. The Labute approximate surface area is 213 Å². The number of halogens is 7. The SMILES string of the molecule is CN(C(=O)Oc1c(C(C=NC2CCC(O)CC2)=CN)cc(C(F)(F)F)cc1C(F)(F)F)c1ccc(F)cc1. The lowest BCUT2D eigenvalue weighted by Gasteiger charge is -2.23. The van der Waals surface area contributed by atoms with Gasteiger partial charge in [0.25, 0.3) is 0 Å². The lowest BCUT2D eigenvalue weighted by Crippen LogP contribution is -2.30. The molecule has 0 aliphatic heterocycles. The fourth-order valence-corrected chi connectivity index (χ4v) is 3.85. The van der Waals surface area contributed by atoms with E-state index in [-0.39, 0.29) is 23.4 Å². The molecule has 1 aliphatic carbocycles. The highest BCUT2D eigenvalue weighted by Crippen LogP contribution is 2.44. The quantitative estimate of drug-likeness (QED) is 0.346. The molecule has 1 amide bonds.